The third-order valence-electron chi connectivity index (χ3n) is 2.94. The SMILES string of the molecule is CCc1cccc(C(=NC)C(C)=C(C)C)c1. The summed E-state index contributed by atoms with van der Waals surface area (Å²) in [5.41, 5.74) is 6.29. The lowest BCUT2D eigenvalue weighted by atomic mass is 9.98. The second kappa shape index (κ2) is 5.64. The van der Waals surface area contributed by atoms with E-state index in [1.807, 2.05) is 7.05 Å². The van der Waals surface area contributed by atoms with Crippen LogP contribution in [0.5, 0.6) is 0 Å². The molecule has 0 spiro atoms. The van der Waals surface area contributed by atoms with Gasteiger partial charge in [0.1, 0.15) is 0 Å². The summed E-state index contributed by atoms with van der Waals surface area (Å²) in [5.74, 6) is 0. The van der Waals surface area contributed by atoms with E-state index in [0.29, 0.717) is 0 Å². The lowest BCUT2D eigenvalue weighted by Crippen LogP contribution is -2.04. The normalized spacial score (nSPS) is 11.4. The molecule has 1 rings (SSSR count). The first kappa shape index (κ1) is 12.7. The van der Waals surface area contributed by atoms with Crippen LogP contribution in [0.1, 0.15) is 38.8 Å². The first-order valence-electron chi connectivity index (χ1n) is 5.80. The Morgan fingerprint density at radius 1 is 1.19 bits per heavy atom. The summed E-state index contributed by atoms with van der Waals surface area (Å²) < 4.78 is 0. The van der Waals surface area contributed by atoms with Gasteiger partial charge in [-0.3, -0.25) is 4.99 Å². The van der Waals surface area contributed by atoms with E-state index in [0.717, 1.165) is 12.1 Å². The molecule has 0 fully saturated rings. The van der Waals surface area contributed by atoms with Gasteiger partial charge in [-0.05, 0) is 44.4 Å². The van der Waals surface area contributed by atoms with Crippen molar-refractivity contribution in [2.45, 2.75) is 34.1 Å². The molecule has 0 aliphatic rings. The summed E-state index contributed by atoms with van der Waals surface area (Å²) in [6.07, 6.45) is 1.07. The molecule has 1 nitrogen and oxygen atoms in total. The minimum absolute atomic E-state index is 1.07. The van der Waals surface area contributed by atoms with Crippen molar-refractivity contribution in [3.8, 4) is 0 Å². The van der Waals surface area contributed by atoms with Crippen molar-refractivity contribution in [2.75, 3.05) is 7.05 Å². The second-order valence-corrected chi connectivity index (χ2v) is 4.25. The van der Waals surface area contributed by atoms with Gasteiger partial charge in [0.05, 0.1) is 5.71 Å². The second-order valence-electron chi connectivity index (χ2n) is 4.25. The fourth-order valence-electron chi connectivity index (χ4n) is 1.69. The minimum Gasteiger partial charge on any atom is -0.288 e. The Kier molecular flexibility index (Phi) is 4.48. The van der Waals surface area contributed by atoms with Gasteiger partial charge in [-0.25, -0.2) is 0 Å². The van der Waals surface area contributed by atoms with Gasteiger partial charge in [-0.1, -0.05) is 30.7 Å². The molecule has 0 bridgehead atoms. The van der Waals surface area contributed by atoms with Crippen molar-refractivity contribution >= 4 is 5.71 Å². The molecular formula is C15H21N. The maximum atomic E-state index is 4.41. The smallest absolute Gasteiger partial charge is 0.0671 e. The van der Waals surface area contributed by atoms with E-state index in [-0.39, 0.29) is 0 Å². The van der Waals surface area contributed by atoms with Crippen LogP contribution in [-0.2, 0) is 6.42 Å². The Bertz CT molecular complexity index is 421. The molecule has 0 unspecified atom stereocenters. The maximum Gasteiger partial charge on any atom is 0.0671 e. The zero-order chi connectivity index (χ0) is 12.1. The molecule has 16 heavy (non-hydrogen) atoms. The number of hydrogen-bond acceptors (Lipinski definition) is 1. The van der Waals surface area contributed by atoms with Crippen LogP contribution in [0.4, 0.5) is 0 Å². The van der Waals surface area contributed by atoms with Gasteiger partial charge >= 0.3 is 0 Å². The largest absolute Gasteiger partial charge is 0.288 e. The van der Waals surface area contributed by atoms with Gasteiger partial charge < -0.3 is 0 Å². The van der Waals surface area contributed by atoms with Crippen LogP contribution in [0, 0.1) is 0 Å². The quantitative estimate of drug-likeness (QED) is 0.675. The predicted molar refractivity (Wildman–Crippen MR) is 72.3 cm³/mol. The van der Waals surface area contributed by atoms with Gasteiger partial charge in [0.15, 0.2) is 0 Å². The van der Waals surface area contributed by atoms with E-state index in [2.05, 4.69) is 57.0 Å². The van der Waals surface area contributed by atoms with Crippen molar-refractivity contribution in [2.24, 2.45) is 4.99 Å². The molecule has 0 aliphatic carbocycles. The Hall–Kier alpha value is -1.37. The fourth-order valence-corrected chi connectivity index (χ4v) is 1.69. The first-order valence-corrected chi connectivity index (χ1v) is 5.80. The highest BCUT2D eigenvalue weighted by Crippen LogP contribution is 2.14. The van der Waals surface area contributed by atoms with Gasteiger partial charge in [0.2, 0.25) is 0 Å². The molecular weight excluding hydrogens is 194 g/mol. The van der Waals surface area contributed by atoms with Gasteiger partial charge in [-0.2, -0.15) is 0 Å². The number of hydrogen-bond donors (Lipinski definition) is 0. The topological polar surface area (TPSA) is 12.4 Å². The minimum atomic E-state index is 1.07. The number of benzene rings is 1. The Morgan fingerprint density at radius 2 is 1.88 bits per heavy atom. The van der Waals surface area contributed by atoms with Crippen molar-refractivity contribution in [3.05, 3.63) is 46.5 Å². The summed E-state index contributed by atoms with van der Waals surface area (Å²) in [5, 5.41) is 0. The van der Waals surface area contributed by atoms with Crippen LogP contribution in [0.2, 0.25) is 0 Å². The van der Waals surface area contributed by atoms with E-state index in [9.17, 15) is 0 Å². The highest BCUT2D eigenvalue weighted by atomic mass is 14.7. The number of aliphatic imine (C=N–C) groups is 1. The third kappa shape index (κ3) is 2.82. The first-order chi connectivity index (χ1) is 7.60. The Morgan fingerprint density at radius 3 is 2.38 bits per heavy atom. The van der Waals surface area contributed by atoms with Crippen LogP contribution < -0.4 is 0 Å². The summed E-state index contributed by atoms with van der Waals surface area (Å²) in [6.45, 7) is 8.57. The molecule has 1 heteroatoms. The molecule has 1 aromatic carbocycles. The van der Waals surface area contributed by atoms with Gasteiger partial charge in [0.25, 0.3) is 0 Å². The third-order valence-corrected chi connectivity index (χ3v) is 2.94. The van der Waals surface area contributed by atoms with Gasteiger partial charge in [0, 0.05) is 12.6 Å². The van der Waals surface area contributed by atoms with Gasteiger partial charge in [-0.15, -0.1) is 0 Å². The molecule has 0 N–H and O–H groups in total. The van der Waals surface area contributed by atoms with Crippen LogP contribution in [0.3, 0.4) is 0 Å². The van der Waals surface area contributed by atoms with E-state index in [1.54, 1.807) is 0 Å². The lowest BCUT2D eigenvalue weighted by Gasteiger charge is -2.09. The van der Waals surface area contributed by atoms with Crippen molar-refractivity contribution in [3.63, 3.8) is 0 Å². The lowest BCUT2D eigenvalue weighted by molar-refractivity contribution is 1.14. The summed E-state index contributed by atoms with van der Waals surface area (Å²) in [7, 11) is 1.86. The van der Waals surface area contributed by atoms with Crippen LogP contribution in [0.15, 0.2) is 40.4 Å². The van der Waals surface area contributed by atoms with Crippen LogP contribution in [-0.4, -0.2) is 12.8 Å². The Labute approximate surface area is 98.9 Å². The highest BCUT2D eigenvalue weighted by Gasteiger charge is 2.06. The summed E-state index contributed by atoms with van der Waals surface area (Å²) >= 11 is 0. The molecule has 86 valence electrons. The van der Waals surface area contributed by atoms with E-state index in [4.69, 9.17) is 0 Å². The van der Waals surface area contributed by atoms with E-state index in [1.165, 1.54) is 22.3 Å². The Balaban J connectivity index is 3.20. The average molecular weight is 215 g/mol. The molecule has 0 aromatic heterocycles. The number of nitrogens with zero attached hydrogens (tertiary/aromatic N) is 1. The average Bonchev–Trinajstić information content (AvgIpc) is 2.30. The molecule has 0 amide bonds. The zero-order valence-electron chi connectivity index (χ0n) is 11.0. The molecule has 0 atom stereocenters. The summed E-state index contributed by atoms with van der Waals surface area (Å²) in [6, 6.07) is 8.63. The van der Waals surface area contributed by atoms with Crippen molar-refractivity contribution < 1.29 is 0 Å². The van der Waals surface area contributed by atoms with Crippen molar-refractivity contribution in [1.29, 1.82) is 0 Å². The number of aryl methyl sites for hydroxylation is 1. The molecule has 0 aliphatic heterocycles. The highest BCUT2D eigenvalue weighted by molar-refractivity contribution is 6.12. The molecule has 1 aromatic rings. The standard InChI is InChI=1S/C15H21N/c1-6-13-8-7-9-14(10-13)15(16-5)12(4)11(2)3/h7-10H,6H2,1-5H3. The predicted octanol–water partition coefficient (Wildman–Crippen LogP) is 4.02. The van der Waals surface area contributed by atoms with Crippen LogP contribution >= 0.6 is 0 Å². The molecule has 0 saturated heterocycles. The maximum absolute atomic E-state index is 4.41. The zero-order valence-corrected chi connectivity index (χ0v) is 11.0. The number of rotatable bonds is 3. The fraction of sp³-hybridized carbons (Fsp3) is 0.400. The molecule has 0 radical (unpaired) electrons. The number of allylic oxidation sites excluding steroid dienone is 2. The van der Waals surface area contributed by atoms with Crippen molar-refractivity contribution in [1.82, 2.24) is 0 Å². The monoisotopic (exact) mass is 215 g/mol. The van der Waals surface area contributed by atoms with E-state index < -0.39 is 0 Å². The van der Waals surface area contributed by atoms with E-state index >= 15 is 0 Å². The summed E-state index contributed by atoms with van der Waals surface area (Å²) in [4.78, 5) is 4.41. The molecule has 0 heterocycles. The molecule has 0 saturated carbocycles. The van der Waals surface area contributed by atoms with Crippen LogP contribution in [0.25, 0.3) is 0 Å².